The number of aromatic amines is 1. The van der Waals surface area contributed by atoms with Crippen LogP contribution >= 0.6 is 11.6 Å². The van der Waals surface area contributed by atoms with E-state index >= 15 is 0 Å². The molecule has 0 saturated carbocycles. The minimum Gasteiger partial charge on any atom is -0.497 e. The molecule has 0 radical (unpaired) electrons. The monoisotopic (exact) mass is 438 g/mol. The van der Waals surface area contributed by atoms with Crippen LogP contribution in [0.3, 0.4) is 0 Å². The summed E-state index contributed by atoms with van der Waals surface area (Å²) in [6.45, 7) is 0.362. The van der Waals surface area contributed by atoms with Crippen molar-refractivity contribution in [1.29, 1.82) is 0 Å². The summed E-state index contributed by atoms with van der Waals surface area (Å²) in [6, 6.07) is 10.7. The van der Waals surface area contributed by atoms with Gasteiger partial charge in [-0.2, -0.15) is 4.98 Å². The second-order valence-electron chi connectivity index (χ2n) is 6.59. The molecular weight excluding hydrogens is 420 g/mol. The van der Waals surface area contributed by atoms with Gasteiger partial charge >= 0.3 is 0 Å². The van der Waals surface area contributed by atoms with Gasteiger partial charge in [-0.15, -0.1) is 5.10 Å². The van der Waals surface area contributed by atoms with Crippen molar-refractivity contribution >= 4 is 29.5 Å². The number of aromatic nitrogens is 3. The number of amides is 1. The van der Waals surface area contributed by atoms with Gasteiger partial charge < -0.3 is 14.2 Å². The maximum Gasteiger partial charge on any atom is 0.250 e. The number of carbonyl (C=O) groups excluding carboxylic acids is 1. The Morgan fingerprint density at radius 1 is 1.23 bits per heavy atom. The lowest BCUT2D eigenvalue weighted by molar-refractivity contribution is -0.111. The zero-order valence-electron chi connectivity index (χ0n) is 16.8. The summed E-state index contributed by atoms with van der Waals surface area (Å²) in [4.78, 5) is 16.6. The first kappa shape index (κ1) is 20.5. The van der Waals surface area contributed by atoms with Crippen LogP contribution in [0.4, 0.5) is 5.95 Å². The predicted molar refractivity (Wildman–Crippen MR) is 118 cm³/mol. The van der Waals surface area contributed by atoms with Crippen LogP contribution in [0, 0.1) is 0 Å². The first-order valence-electron chi connectivity index (χ1n) is 9.32. The highest BCUT2D eigenvalue weighted by atomic mass is 35.5. The number of benzene rings is 2. The smallest absolute Gasteiger partial charge is 0.250 e. The Morgan fingerprint density at radius 2 is 2.10 bits per heavy atom. The summed E-state index contributed by atoms with van der Waals surface area (Å²) in [7, 11) is 3.13. The van der Waals surface area contributed by atoms with E-state index < -0.39 is 0 Å². The molecule has 0 aliphatic carbocycles. The number of hydrogen-bond donors (Lipinski definition) is 2. The van der Waals surface area contributed by atoms with Crippen molar-refractivity contribution in [2.75, 3.05) is 26.1 Å². The Bertz CT molecular complexity index is 1190. The molecule has 1 amide bonds. The fourth-order valence-corrected chi connectivity index (χ4v) is 3.21. The lowest BCUT2D eigenvalue weighted by Crippen LogP contribution is -2.10. The van der Waals surface area contributed by atoms with E-state index in [0.717, 1.165) is 16.9 Å². The first-order valence-corrected chi connectivity index (χ1v) is 9.70. The zero-order valence-corrected chi connectivity index (χ0v) is 17.6. The van der Waals surface area contributed by atoms with Gasteiger partial charge in [0.2, 0.25) is 5.95 Å². The number of H-pyrrole nitrogens is 1. The third-order valence-electron chi connectivity index (χ3n) is 4.54. The van der Waals surface area contributed by atoms with E-state index in [4.69, 9.17) is 25.8 Å². The van der Waals surface area contributed by atoms with Crippen LogP contribution in [-0.2, 0) is 4.79 Å². The maximum absolute atomic E-state index is 12.3. The van der Waals surface area contributed by atoms with Crippen molar-refractivity contribution in [2.24, 2.45) is 0 Å². The second kappa shape index (κ2) is 8.93. The van der Waals surface area contributed by atoms with Crippen LogP contribution in [0.15, 0.2) is 54.1 Å². The van der Waals surface area contributed by atoms with Crippen molar-refractivity contribution in [3.63, 3.8) is 0 Å². The van der Waals surface area contributed by atoms with Gasteiger partial charge in [-0.05, 0) is 42.0 Å². The summed E-state index contributed by atoms with van der Waals surface area (Å²) >= 11 is 6.02. The van der Waals surface area contributed by atoms with Crippen LogP contribution < -0.4 is 19.5 Å². The Hall–Kier alpha value is -3.78. The number of nitrogens with zero attached hydrogens (tertiary/aromatic N) is 2. The second-order valence-corrected chi connectivity index (χ2v) is 7.02. The molecule has 0 saturated heterocycles. The van der Waals surface area contributed by atoms with E-state index in [2.05, 4.69) is 20.5 Å². The van der Waals surface area contributed by atoms with E-state index in [-0.39, 0.29) is 11.9 Å². The highest BCUT2D eigenvalue weighted by Crippen LogP contribution is 2.32. The Kier molecular flexibility index (Phi) is 5.90. The molecule has 31 heavy (non-hydrogen) atoms. The zero-order chi connectivity index (χ0) is 21.8. The van der Waals surface area contributed by atoms with Gasteiger partial charge in [0.05, 0.1) is 19.8 Å². The molecule has 0 spiro atoms. The van der Waals surface area contributed by atoms with Crippen LogP contribution in [-0.4, -0.2) is 41.9 Å². The van der Waals surface area contributed by atoms with Gasteiger partial charge in [0.15, 0.2) is 5.82 Å². The van der Waals surface area contributed by atoms with Gasteiger partial charge in [-0.1, -0.05) is 17.7 Å². The lowest BCUT2D eigenvalue weighted by atomic mass is 10.1. The molecule has 158 valence electrons. The molecule has 0 atom stereocenters. The molecule has 4 rings (SSSR count). The van der Waals surface area contributed by atoms with Gasteiger partial charge in [0, 0.05) is 22.7 Å². The third-order valence-corrected chi connectivity index (χ3v) is 4.78. The number of carbonyl (C=O) groups is 1. The molecule has 3 aromatic rings. The third kappa shape index (κ3) is 4.70. The normalized spacial score (nSPS) is 12.7. The Labute approximate surface area is 183 Å². The van der Waals surface area contributed by atoms with E-state index in [1.165, 1.54) is 6.08 Å². The molecule has 0 bridgehead atoms. The number of anilines is 1. The number of halogens is 1. The summed E-state index contributed by atoms with van der Waals surface area (Å²) in [6.07, 6.45) is 5.00. The number of rotatable bonds is 6. The Morgan fingerprint density at radius 3 is 2.90 bits per heavy atom. The average Bonchev–Trinajstić information content (AvgIpc) is 3.24. The summed E-state index contributed by atoms with van der Waals surface area (Å²) in [5, 5.41) is 10.1. The molecule has 2 N–H and O–H groups in total. The molecule has 1 aromatic heterocycles. The SMILES string of the molecule is COc1ccc(-c2nc(NC(=O)/C=C/C3=Cc4cc(Cl)ccc4OC3)n[nH]2)c(OC)c1. The van der Waals surface area contributed by atoms with Crippen molar-refractivity contribution in [2.45, 2.75) is 0 Å². The van der Waals surface area contributed by atoms with Crippen LogP contribution in [0.1, 0.15) is 5.56 Å². The van der Waals surface area contributed by atoms with E-state index in [9.17, 15) is 4.79 Å². The standard InChI is InChI=1S/C22H19ClN4O4/c1-29-16-5-6-17(19(11-16)30-2)21-25-22(27-26-21)24-20(28)8-3-13-9-14-10-15(23)4-7-18(14)31-12-13/h3-11H,12H2,1-2H3,(H2,24,25,26,27,28)/b8-3+. The number of methoxy groups -OCH3 is 2. The summed E-state index contributed by atoms with van der Waals surface area (Å²) < 4.78 is 16.2. The van der Waals surface area contributed by atoms with Crippen LogP contribution in [0.25, 0.3) is 17.5 Å². The predicted octanol–water partition coefficient (Wildman–Crippen LogP) is 4.11. The van der Waals surface area contributed by atoms with Gasteiger partial charge in [0.1, 0.15) is 23.9 Å². The molecule has 9 heteroatoms. The number of ether oxygens (including phenoxy) is 3. The fourth-order valence-electron chi connectivity index (χ4n) is 3.03. The summed E-state index contributed by atoms with van der Waals surface area (Å²) in [5.74, 6) is 2.21. The highest BCUT2D eigenvalue weighted by Gasteiger charge is 2.14. The summed E-state index contributed by atoms with van der Waals surface area (Å²) in [5.41, 5.74) is 2.39. The highest BCUT2D eigenvalue weighted by molar-refractivity contribution is 6.30. The minimum atomic E-state index is -0.370. The number of hydrogen-bond acceptors (Lipinski definition) is 6. The fraction of sp³-hybridized carbons (Fsp3) is 0.136. The number of nitrogens with one attached hydrogen (secondary N) is 2. The molecule has 1 aliphatic rings. The maximum atomic E-state index is 12.3. The van der Waals surface area contributed by atoms with Gasteiger partial charge in [0.25, 0.3) is 5.91 Å². The quantitative estimate of drug-likeness (QED) is 0.562. The minimum absolute atomic E-state index is 0.147. The molecule has 8 nitrogen and oxygen atoms in total. The van der Waals surface area contributed by atoms with E-state index in [1.54, 1.807) is 44.6 Å². The van der Waals surface area contributed by atoms with Crippen molar-refractivity contribution in [1.82, 2.24) is 15.2 Å². The molecule has 2 heterocycles. The van der Waals surface area contributed by atoms with Crippen LogP contribution in [0.5, 0.6) is 17.2 Å². The Balaban J connectivity index is 1.44. The van der Waals surface area contributed by atoms with Gasteiger partial charge in [-0.3, -0.25) is 15.2 Å². The molecule has 0 unspecified atom stereocenters. The largest absolute Gasteiger partial charge is 0.497 e. The van der Waals surface area contributed by atoms with Gasteiger partial charge in [-0.25, -0.2) is 0 Å². The number of fused-ring (bicyclic) bond motifs is 1. The van der Waals surface area contributed by atoms with Crippen molar-refractivity contribution < 1.29 is 19.0 Å². The topological polar surface area (TPSA) is 98.4 Å². The molecule has 0 fully saturated rings. The lowest BCUT2D eigenvalue weighted by Gasteiger charge is -2.16. The van der Waals surface area contributed by atoms with E-state index in [0.29, 0.717) is 34.5 Å². The van der Waals surface area contributed by atoms with Crippen molar-refractivity contribution in [3.05, 3.63) is 64.7 Å². The van der Waals surface area contributed by atoms with Crippen LogP contribution in [0.2, 0.25) is 5.02 Å². The average molecular weight is 439 g/mol. The van der Waals surface area contributed by atoms with Crippen molar-refractivity contribution in [3.8, 4) is 28.6 Å². The first-order chi connectivity index (χ1) is 15.1. The molecule has 2 aromatic carbocycles. The molecular formula is C22H19ClN4O4. The van der Waals surface area contributed by atoms with E-state index in [1.807, 2.05) is 18.2 Å². The molecule has 1 aliphatic heterocycles.